The SMILES string of the molecule is CCOc1ccc(NC(=O)[C@H](C)Oc2ccccc2)cc1. The molecule has 2 rings (SSSR count). The van der Waals surface area contributed by atoms with Gasteiger partial charge in [0.25, 0.3) is 5.91 Å². The van der Waals surface area contributed by atoms with E-state index in [9.17, 15) is 4.79 Å². The maximum absolute atomic E-state index is 12.1. The van der Waals surface area contributed by atoms with Crippen molar-refractivity contribution in [1.29, 1.82) is 0 Å². The monoisotopic (exact) mass is 285 g/mol. The van der Waals surface area contributed by atoms with E-state index in [0.29, 0.717) is 18.0 Å². The Labute approximate surface area is 124 Å². The lowest BCUT2D eigenvalue weighted by Gasteiger charge is -2.14. The first kappa shape index (κ1) is 14.9. The Hall–Kier alpha value is -2.49. The summed E-state index contributed by atoms with van der Waals surface area (Å²) in [5, 5.41) is 2.81. The second-order valence-corrected chi connectivity index (χ2v) is 4.52. The lowest BCUT2D eigenvalue weighted by molar-refractivity contribution is -0.122. The van der Waals surface area contributed by atoms with E-state index < -0.39 is 6.10 Å². The smallest absolute Gasteiger partial charge is 0.265 e. The maximum atomic E-state index is 12.1. The molecule has 2 aromatic rings. The van der Waals surface area contributed by atoms with E-state index >= 15 is 0 Å². The summed E-state index contributed by atoms with van der Waals surface area (Å²) in [4.78, 5) is 12.1. The molecule has 0 aliphatic rings. The Kier molecular flexibility index (Phi) is 5.21. The molecule has 4 heteroatoms. The van der Waals surface area contributed by atoms with Gasteiger partial charge in [-0.25, -0.2) is 0 Å². The number of nitrogens with one attached hydrogen (secondary N) is 1. The van der Waals surface area contributed by atoms with Gasteiger partial charge in [-0.15, -0.1) is 0 Å². The number of benzene rings is 2. The molecule has 0 spiro atoms. The van der Waals surface area contributed by atoms with Gasteiger partial charge in [0, 0.05) is 5.69 Å². The molecule has 0 radical (unpaired) electrons. The first-order valence-electron chi connectivity index (χ1n) is 6.94. The van der Waals surface area contributed by atoms with Crippen molar-refractivity contribution in [3.05, 3.63) is 54.6 Å². The van der Waals surface area contributed by atoms with Crippen LogP contribution in [-0.2, 0) is 4.79 Å². The molecule has 0 bridgehead atoms. The van der Waals surface area contributed by atoms with Gasteiger partial charge in [-0.05, 0) is 50.2 Å². The van der Waals surface area contributed by atoms with Crippen LogP contribution >= 0.6 is 0 Å². The number of hydrogen-bond donors (Lipinski definition) is 1. The van der Waals surface area contributed by atoms with Crippen molar-refractivity contribution in [2.75, 3.05) is 11.9 Å². The van der Waals surface area contributed by atoms with Gasteiger partial charge in [0.15, 0.2) is 6.10 Å². The Bertz CT molecular complexity index is 566. The standard InChI is InChI=1S/C17H19NO3/c1-3-20-15-11-9-14(10-12-15)18-17(19)13(2)21-16-7-5-4-6-8-16/h4-13H,3H2,1-2H3,(H,18,19)/t13-/m0/s1. The summed E-state index contributed by atoms with van der Waals surface area (Å²) in [6.07, 6.45) is -0.570. The van der Waals surface area contributed by atoms with Crippen molar-refractivity contribution >= 4 is 11.6 Å². The number of anilines is 1. The van der Waals surface area contributed by atoms with Crippen LogP contribution < -0.4 is 14.8 Å². The highest BCUT2D eigenvalue weighted by Crippen LogP contribution is 2.16. The van der Waals surface area contributed by atoms with E-state index in [4.69, 9.17) is 9.47 Å². The summed E-state index contributed by atoms with van der Waals surface area (Å²) < 4.78 is 10.9. The van der Waals surface area contributed by atoms with Gasteiger partial charge in [0.05, 0.1) is 6.61 Å². The van der Waals surface area contributed by atoms with Gasteiger partial charge in [-0.3, -0.25) is 4.79 Å². The summed E-state index contributed by atoms with van der Waals surface area (Å²) in [6.45, 7) is 4.27. The number of hydrogen-bond acceptors (Lipinski definition) is 3. The van der Waals surface area contributed by atoms with Crippen LogP contribution in [0.3, 0.4) is 0 Å². The molecule has 1 N–H and O–H groups in total. The summed E-state index contributed by atoms with van der Waals surface area (Å²) >= 11 is 0. The maximum Gasteiger partial charge on any atom is 0.265 e. The van der Waals surface area contributed by atoms with E-state index in [1.54, 1.807) is 19.1 Å². The van der Waals surface area contributed by atoms with E-state index in [2.05, 4.69) is 5.32 Å². The van der Waals surface area contributed by atoms with Crippen molar-refractivity contribution in [1.82, 2.24) is 0 Å². The lowest BCUT2D eigenvalue weighted by Crippen LogP contribution is -2.30. The van der Waals surface area contributed by atoms with Gasteiger partial charge in [-0.1, -0.05) is 18.2 Å². The molecule has 0 unspecified atom stereocenters. The molecule has 0 aromatic heterocycles. The van der Waals surface area contributed by atoms with Crippen LogP contribution in [0.2, 0.25) is 0 Å². The molecule has 4 nitrogen and oxygen atoms in total. The van der Waals surface area contributed by atoms with Crippen molar-refractivity contribution in [3.63, 3.8) is 0 Å². The molecule has 2 aromatic carbocycles. The van der Waals surface area contributed by atoms with Crippen LogP contribution in [-0.4, -0.2) is 18.6 Å². The van der Waals surface area contributed by atoms with Crippen molar-refractivity contribution in [2.24, 2.45) is 0 Å². The van der Waals surface area contributed by atoms with Crippen LogP contribution in [0.4, 0.5) is 5.69 Å². The van der Waals surface area contributed by atoms with Crippen LogP contribution in [0.25, 0.3) is 0 Å². The van der Waals surface area contributed by atoms with Crippen molar-refractivity contribution in [3.8, 4) is 11.5 Å². The van der Waals surface area contributed by atoms with Crippen LogP contribution in [0.5, 0.6) is 11.5 Å². The fraction of sp³-hybridized carbons (Fsp3) is 0.235. The summed E-state index contributed by atoms with van der Waals surface area (Å²) in [5.74, 6) is 1.26. The quantitative estimate of drug-likeness (QED) is 0.883. The topological polar surface area (TPSA) is 47.6 Å². The minimum absolute atomic E-state index is 0.192. The molecule has 1 atom stereocenters. The van der Waals surface area contributed by atoms with E-state index in [0.717, 1.165) is 5.75 Å². The number of para-hydroxylation sites is 1. The molecule has 0 aliphatic heterocycles. The Balaban J connectivity index is 1.91. The number of amides is 1. The highest BCUT2D eigenvalue weighted by atomic mass is 16.5. The van der Waals surface area contributed by atoms with E-state index in [1.807, 2.05) is 49.4 Å². The molecule has 0 fully saturated rings. The Morgan fingerprint density at radius 2 is 1.71 bits per heavy atom. The highest BCUT2D eigenvalue weighted by molar-refractivity contribution is 5.94. The summed E-state index contributed by atoms with van der Waals surface area (Å²) in [7, 11) is 0. The fourth-order valence-electron chi connectivity index (χ4n) is 1.80. The third-order valence-corrected chi connectivity index (χ3v) is 2.86. The van der Waals surface area contributed by atoms with Crippen molar-refractivity contribution < 1.29 is 14.3 Å². The molecule has 110 valence electrons. The molecule has 0 saturated carbocycles. The van der Waals surface area contributed by atoms with Gasteiger partial charge >= 0.3 is 0 Å². The van der Waals surface area contributed by atoms with E-state index in [-0.39, 0.29) is 5.91 Å². The van der Waals surface area contributed by atoms with Gasteiger partial charge in [-0.2, -0.15) is 0 Å². The average Bonchev–Trinajstić information content (AvgIpc) is 2.50. The largest absolute Gasteiger partial charge is 0.494 e. The van der Waals surface area contributed by atoms with Crippen molar-refractivity contribution in [2.45, 2.75) is 20.0 Å². The predicted molar refractivity (Wildman–Crippen MR) is 82.8 cm³/mol. The summed E-state index contributed by atoms with van der Waals surface area (Å²) in [6, 6.07) is 16.5. The fourth-order valence-corrected chi connectivity index (χ4v) is 1.80. The number of carbonyl (C=O) groups is 1. The minimum Gasteiger partial charge on any atom is -0.494 e. The minimum atomic E-state index is -0.570. The number of ether oxygens (including phenoxy) is 2. The zero-order valence-electron chi connectivity index (χ0n) is 12.2. The zero-order chi connectivity index (χ0) is 15.1. The molecular formula is C17H19NO3. The second-order valence-electron chi connectivity index (χ2n) is 4.52. The zero-order valence-corrected chi connectivity index (χ0v) is 12.2. The van der Waals surface area contributed by atoms with Gasteiger partial charge < -0.3 is 14.8 Å². The third-order valence-electron chi connectivity index (χ3n) is 2.86. The normalized spacial score (nSPS) is 11.5. The molecule has 0 heterocycles. The predicted octanol–water partition coefficient (Wildman–Crippen LogP) is 3.49. The Morgan fingerprint density at radius 1 is 1.05 bits per heavy atom. The van der Waals surface area contributed by atoms with Gasteiger partial charge in [0.2, 0.25) is 0 Å². The molecule has 0 saturated heterocycles. The molecular weight excluding hydrogens is 266 g/mol. The first-order valence-corrected chi connectivity index (χ1v) is 6.94. The van der Waals surface area contributed by atoms with Crippen LogP contribution in [0.1, 0.15) is 13.8 Å². The molecule has 1 amide bonds. The Morgan fingerprint density at radius 3 is 2.33 bits per heavy atom. The van der Waals surface area contributed by atoms with E-state index in [1.165, 1.54) is 0 Å². The van der Waals surface area contributed by atoms with Gasteiger partial charge in [0.1, 0.15) is 11.5 Å². The molecule has 0 aliphatic carbocycles. The third kappa shape index (κ3) is 4.53. The highest BCUT2D eigenvalue weighted by Gasteiger charge is 2.14. The van der Waals surface area contributed by atoms with Crippen LogP contribution in [0, 0.1) is 0 Å². The summed E-state index contributed by atoms with van der Waals surface area (Å²) in [5.41, 5.74) is 0.715. The average molecular weight is 285 g/mol. The number of carbonyl (C=O) groups excluding carboxylic acids is 1. The second kappa shape index (κ2) is 7.33. The number of rotatable bonds is 6. The first-order chi connectivity index (χ1) is 10.2. The van der Waals surface area contributed by atoms with Crippen LogP contribution in [0.15, 0.2) is 54.6 Å². The lowest BCUT2D eigenvalue weighted by atomic mass is 10.2. The molecule has 21 heavy (non-hydrogen) atoms.